The average molecular weight is 226 g/mol. The van der Waals surface area contributed by atoms with E-state index >= 15 is 0 Å². The SMILES string of the molecule is CCCC(C)CCCCCCCC(C)CC. The Morgan fingerprint density at radius 1 is 0.625 bits per heavy atom. The Kier molecular flexibility index (Phi) is 11.5. The minimum Gasteiger partial charge on any atom is -0.0654 e. The van der Waals surface area contributed by atoms with Gasteiger partial charge in [-0.2, -0.15) is 0 Å². The molecule has 98 valence electrons. The van der Waals surface area contributed by atoms with Crippen LogP contribution in [0.25, 0.3) is 0 Å². The van der Waals surface area contributed by atoms with Gasteiger partial charge in [-0.15, -0.1) is 0 Å². The molecule has 2 atom stereocenters. The van der Waals surface area contributed by atoms with Gasteiger partial charge < -0.3 is 0 Å². The standard InChI is InChI=1S/C16H34/c1-5-12-16(4)14-11-9-7-8-10-13-15(3)6-2/h15-16H,5-14H2,1-4H3. The van der Waals surface area contributed by atoms with Crippen molar-refractivity contribution in [3.8, 4) is 0 Å². The third kappa shape index (κ3) is 10.5. The van der Waals surface area contributed by atoms with E-state index in [0.29, 0.717) is 0 Å². The minimum atomic E-state index is 0.949. The lowest BCUT2D eigenvalue weighted by Crippen LogP contribution is -1.94. The number of hydrogen-bond donors (Lipinski definition) is 0. The van der Waals surface area contributed by atoms with Crippen LogP contribution in [0, 0.1) is 11.8 Å². The van der Waals surface area contributed by atoms with Gasteiger partial charge in [0.15, 0.2) is 0 Å². The Hall–Kier alpha value is 0. The summed E-state index contributed by atoms with van der Waals surface area (Å²) in [7, 11) is 0. The number of rotatable bonds is 11. The third-order valence-electron chi connectivity index (χ3n) is 3.87. The maximum absolute atomic E-state index is 2.41. The van der Waals surface area contributed by atoms with Crippen molar-refractivity contribution in [2.24, 2.45) is 11.8 Å². The van der Waals surface area contributed by atoms with Crippen LogP contribution in [0.5, 0.6) is 0 Å². The van der Waals surface area contributed by atoms with E-state index in [1.54, 1.807) is 0 Å². The second-order valence-corrected chi connectivity index (χ2v) is 5.75. The molecule has 0 heterocycles. The van der Waals surface area contributed by atoms with Gasteiger partial charge in [-0.1, -0.05) is 91.9 Å². The van der Waals surface area contributed by atoms with Crippen LogP contribution < -0.4 is 0 Å². The van der Waals surface area contributed by atoms with E-state index in [2.05, 4.69) is 27.7 Å². The van der Waals surface area contributed by atoms with Gasteiger partial charge in [0.05, 0.1) is 0 Å². The molecular weight excluding hydrogens is 192 g/mol. The fourth-order valence-corrected chi connectivity index (χ4v) is 2.36. The fourth-order valence-electron chi connectivity index (χ4n) is 2.36. The van der Waals surface area contributed by atoms with E-state index in [-0.39, 0.29) is 0 Å². The van der Waals surface area contributed by atoms with Crippen molar-refractivity contribution >= 4 is 0 Å². The van der Waals surface area contributed by atoms with Gasteiger partial charge in [-0.25, -0.2) is 0 Å². The first-order chi connectivity index (χ1) is 7.70. The van der Waals surface area contributed by atoms with Gasteiger partial charge >= 0.3 is 0 Å². The molecule has 0 aliphatic rings. The summed E-state index contributed by atoms with van der Waals surface area (Å²) in [6.45, 7) is 9.39. The summed E-state index contributed by atoms with van der Waals surface area (Å²) in [5.41, 5.74) is 0. The van der Waals surface area contributed by atoms with Gasteiger partial charge in [0.25, 0.3) is 0 Å². The zero-order valence-corrected chi connectivity index (χ0v) is 12.2. The molecule has 0 aromatic heterocycles. The van der Waals surface area contributed by atoms with E-state index in [1.165, 1.54) is 64.2 Å². The monoisotopic (exact) mass is 226 g/mol. The van der Waals surface area contributed by atoms with Crippen LogP contribution in [0.3, 0.4) is 0 Å². The molecule has 0 saturated carbocycles. The second-order valence-electron chi connectivity index (χ2n) is 5.75. The summed E-state index contributed by atoms with van der Waals surface area (Å²) >= 11 is 0. The van der Waals surface area contributed by atoms with Crippen LogP contribution in [0.2, 0.25) is 0 Å². The molecule has 0 saturated heterocycles. The van der Waals surface area contributed by atoms with Crippen molar-refractivity contribution in [1.82, 2.24) is 0 Å². The summed E-state index contributed by atoms with van der Waals surface area (Å²) in [4.78, 5) is 0. The molecule has 0 bridgehead atoms. The molecule has 0 nitrogen and oxygen atoms in total. The highest BCUT2D eigenvalue weighted by Gasteiger charge is 2.01. The molecule has 2 unspecified atom stereocenters. The Morgan fingerprint density at radius 3 is 1.62 bits per heavy atom. The summed E-state index contributed by atoms with van der Waals surface area (Å²) in [6, 6.07) is 0. The fraction of sp³-hybridized carbons (Fsp3) is 1.00. The molecule has 0 rings (SSSR count). The van der Waals surface area contributed by atoms with Crippen LogP contribution in [-0.4, -0.2) is 0 Å². The number of hydrogen-bond acceptors (Lipinski definition) is 0. The highest BCUT2D eigenvalue weighted by Crippen LogP contribution is 2.17. The molecule has 0 aromatic carbocycles. The van der Waals surface area contributed by atoms with Crippen molar-refractivity contribution in [1.29, 1.82) is 0 Å². The van der Waals surface area contributed by atoms with Crippen LogP contribution in [0.1, 0.15) is 91.9 Å². The zero-order valence-electron chi connectivity index (χ0n) is 12.2. The molecule has 0 amide bonds. The van der Waals surface area contributed by atoms with Gasteiger partial charge in [-0.05, 0) is 11.8 Å². The molecule has 0 spiro atoms. The van der Waals surface area contributed by atoms with Crippen LogP contribution in [-0.2, 0) is 0 Å². The first-order valence-electron chi connectivity index (χ1n) is 7.70. The lowest BCUT2D eigenvalue weighted by Gasteiger charge is -2.10. The van der Waals surface area contributed by atoms with Gasteiger partial charge in [0.1, 0.15) is 0 Å². The van der Waals surface area contributed by atoms with Gasteiger partial charge in [0, 0.05) is 0 Å². The quantitative estimate of drug-likeness (QED) is 0.368. The molecule has 0 heteroatoms. The average Bonchev–Trinajstić information content (AvgIpc) is 2.27. The predicted molar refractivity (Wildman–Crippen MR) is 75.8 cm³/mol. The smallest absolute Gasteiger partial charge is 0.0443 e. The first kappa shape index (κ1) is 16.0. The highest BCUT2D eigenvalue weighted by atomic mass is 14.1. The minimum absolute atomic E-state index is 0.949. The maximum Gasteiger partial charge on any atom is -0.0443 e. The summed E-state index contributed by atoms with van der Waals surface area (Å²) in [5, 5.41) is 0. The lowest BCUT2D eigenvalue weighted by molar-refractivity contribution is 0.440. The van der Waals surface area contributed by atoms with Crippen LogP contribution in [0.15, 0.2) is 0 Å². The predicted octanol–water partition coefficient (Wildman–Crippen LogP) is 6.20. The largest absolute Gasteiger partial charge is 0.0654 e. The molecule has 0 aliphatic carbocycles. The first-order valence-corrected chi connectivity index (χ1v) is 7.70. The molecule has 0 aromatic rings. The van der Waals surface area contributed by atoms with Crippen molar-refractivity contribution in [2.45, 2.75) is 91.9 Å². The molecule has 16 heavy (non-hydrogen) atoms. The topological polar surface area (TPSA) is 0 Å². The molecule has 0 fully saturated rings. The zero-order chi connectivity index (χ0) is 12.2. The van der Waals surface area contributed by atoms with E-state index in [1.807, 2.05) is 0 Å². The summed E-state index contributed by atoms with van der Waals surface area (Å²) in [5.74, 6) is 1.91. The highest BCUT2D eigenvalue weighted by molar-refractivity contribution is 4.54. The molecular formula is C16H34. The van der Waals surface area contributed by atoms with Crippen molar-refractivity contribution < 1.29 is 0 Å². The van der Waals surface area contributed by atoms with Gasteiger partial charge in [0.2, 0.25) is 0 Å². The number of unbranched alkanes of at least 4 members (excludes halogenated alkanes) is 4. The van der Waals surface area contributed by atoms with E-state index in [0.717, 1.165) is 11.8 Å². The van der Waals surface area contributed by atoms with Crippen LogP contribution >= 0.6 is 0 Å². The van der Waals surface area contributed by atoms with E-state index in [9.17, 15) is 0 Å². The Morgan fingerprint density at radius 2 is 1.12 bits per heavy atom. The molecule has 0 radical (unpaired) electrons. The Bertz CT molecular complexity index is 128. The van der Waals surface area contributed by atoms with Gasteiger partial charge in [-0.3, -0.25) is 0 Å². The summed E-state index contributed by atoms with van der Waals surface area (Å²) < 4.78 is 0. The molecule has 0 aliphatic heterocycles. The summed E-state index contributed by atoms with van der Waals surface area (Å²) in [6.07, 6.45) is 14.4. The molecule has 0 N–H and O–H groups in total. The van der Waals surface area contributed by atoms with E-state index < -0.39 is 0 Å². The van der Waals surface area contributed by atoms with Crippen molar-refractivity contribution in [3.05, 3.63) is 0 Å². The Labute approximate surface area is 104 Å². The second kappa shape index (κ2) is 11.5. The third-order valence-corrected chi connectivity index (χ3v) is 3.87. The normalized spacial score (nSPS) is 15.0. The van der Waals surface area contributed by atoms with Crippen LogP contribution in [0.4, 0.5) is 0 Å². The lowest BCUT2D eigenvalue weighted by atomic mass is 9.97. The van der Waals surface area contributed by atoms with Crippen molar-refractivity contribution in [2.75, 3.05) is 0 Å². The van der Waals surface area contributed by atoms with Crippen molar-refractivity contribution in [3.63, 3.8) is 0 Å². The van der Waals surface area contributed by atoms with E-state index in [4.69, 9.17) is 0 Å². The Balaban J connectivity index is 3.09. The maximum atomic E-state index is 2.41.